The summed E-state index contributed by atoms with van der Waals surface area (Å²) in [5.41, 5.74) is 0.975. The third-order valence-electron chi connectivity index (χ3n) is 6.73. The first kappa shape index (κ1) is 20.8. The molecule has 2 fully saturated rings. The lowest BCUT2D eigenvalue weighted by molar-refractivity contribution is -0.154. The lowest BCUT2D eigenvalue weighted by Gasteiger charge is -2.44. The van der Waals surface area contributed by atoms with Crippen LogP contribution in [0, 0.1) is 23.7 Å². The van der Waals surface area contributed by atoms with Crippen LogP contribution in [0.4, 0.5) is 0 Å². The molecule has 9 heteroatoms. The van der Waals surface area contributed by atoms with E-state index in [0.29, 0.717) is 17.9 Å². The van der Waals surface area contributed by atoms with Gasteiger partial charge in [-0.3, -0.25) is 9.59 Å². The monoisotopic (exact) mass is 416 g/mol. The molecule has 2 amide bonds. The third kappa shape index (κ3) is 3.36. The van der Waals surface area contributed by atoms with Crippen molar-refractivity contribution in [3.8, 4) is 0 Å². The molecule has 0 bridgehead atoms. The van der Waals surface area contributed by atoms with Crippen molar-refractivity contribution in [1.82, 2.24) is 19.2 Å². The highest BCUT2D eigenvalue weighted by atomic mass is 16.3. The topological polar surface area (TPSA) is 119 Å². The largest absolute Gasteiger partial charge is 0.395 e. The number of amides is 2. The molecule has 3 N–H and O–H groups in total. The summed E-state index contributed by atoms with van der Waals surface area (Å²) in [6.45, 7) is 2.37. The number of carbonyl (C=O) groups is 2. The Morgan fingerprint density at radius 1 is 1.20 bits per heavy atom. The van der Waals surface area contributed by atoms with Crippen molar-refractivity contribution < 1.29 is 24.9 Å². The smallest absolute Gasteiger partial charge is 0.274 e. The van der Waals surface area contributed by atoms with E-state index in [1.807, 2.05) is 24.4 Å². The number of nitrogens with zero attached hydrogens (tertiary/aromatic N) is 4. The minimum absolute atomic E-state index is 0.152. The summed E-state index contributed by atoms with van der Waals surface area (Å²) in [7, 11) is 1.62. The van der Waals surface area contributed by atoms with Crippen LogP contribution in [0.25, 0.3) is 5.65 Å². The van der Waals surface area contributed by atoms with Crippen LogP contribution in [0.3, 0.4) is 0 Å². The molecule has 0 radical (unpaired) electrons. The number of imidazole rings is 1. The second-order valence-electron chi connectivity index (χ2n) is 8.48. The molecule has 2 aromatic rings. The molecule has 1 saturated heterocycles. The zero-order valence-electron chi connectivity index (χ0n) is 17.1. The van der Waals surface area contributed by atoms with Crippen molar-refractivity contribution in [2.75, 3.05) is 33.3 Å². The van der Waals surface area contributed by atoms with Gasteiger partial charge in [-0.05, 0) is 24.0 Å². The van der Waals surface area contributed by atoms with E-state index < -0.39 is 30.0 Å². The summed E-state index contributed by atoms with van der Waals surface area (Å²) in [4.78, 5) is 33.6. The van der Waals surface area contributed by atoms with Gasteiger partial charge >= 0.3 is 0 Å². The van der Waals surface area contributed by atoms with Crippen molar-refractivity contribution in [2.24, 2.45) is 23.7 Å². The molecule has 1 aliphatic carbocycles. The Morgan fingerprint density at radius 2 is 1.93 bits per heavy atom. The first-order valence-corrected chi connectivity index (χ1v) is 10.3. The van der Waals surface area contributed by atoms with Gasteiger partial charge in [0.2, 0.25) is 5.91 Å². The van der Waals surface area contributed by atoms with Crippen LogP contribution in [0.1, 0.15) is 17.4 Å². The van der Waals surface area contributed by atoms with Gasteiger partial charge < -0.3 is 29.5 Å². The van der Waals surface area contributed by atoms with Crippen LogP contribution in [0.5, 0.6) is 0 Å². The molecule has 3 heterocycles. The van der Waals surface area contributed by atoms with E-state index in [-0.39, 0.29) is 37.4 Å². The lowest BCUT2D eigenvalue weighted by Crippen LogP contribution is -2.56. The molecular formula is C21H28N4O5. The van der Waals surface area contributed by atoms with Gasteiger partial charge in [0.25, 0.3) is 5.91 Å². The van der Waals surface area contributed by atoms with Crippen LogP contribution >= 0.6 is 0 Å². The average molecular weight is 416 g/mol. The second-order valence-corrected chi connectivity index (χ2v) is 8.48. The maximum Gasteiger partial charge on any atom is 0.274 e. The number of pyridine rings is 1. The molecule has 0 aromatic carbocycles. The number of carbonyl (C=O) groups excluding carboxylic acids is 2. The summed E-state index contributed by atoms with van der Waals surface area (Å²) in [5, 5.41) is 30.4. The van der Waals surface area contributed by atoms with E-state index in [1.54, 1.807) is 29.5 Å². The zero-order valence-corrected chi connectivity index (χ0v) is 17.1. The van der Waals surface area contributed by atoms with Crippen LogP contribution in [-0.2, 0) is 4.79 Å². The molecule has 2 aromatic heterocycles. The van der Waals surface area contributed by atoms with Gasteiger partial charge in [-0.2, -0.15) is 0 Å². The summed E-state index contributed by atoms with van der Waals surface area (Å²) >= 11 is 0. The molecule has 1 saturated carbocycles. The standard InChI is InChI=1S/C21H28N4O5/c1-12-17(21(30)23(2)7-8-26)13-9-25(10-14(13)19(28)18(12)27)20(29)15-11-24-6-4-3-5-16(24)22-15/h3-6,11-14,17-19,26-28H,7-10H2,1-2H3/t12-,13+,14+,17+,18+,19+/m1/s1. The number of likely N-dealkylation sites (tertiary alicyclic amines) is 1. The second kappa shape index (κ2) is 7.98. The maximum atomic E-state index is 13.1. The molecule has 30 heavy (non-hydrogen) atoms. The van der Waals surface area contributed by atoms with Crippen molar-refractivity contribution >= 4 is 17.5 Å². The predicted molar refractivity (Wildman–Crippen MR) is 107 cm³/mol. The predicted octanol–water partition coefficient (Wildman–Crippen LogP) is -0.539. The van der Waals surface area contributed by atoms with Gasteiger partial charge in [0.1, 0.15) is 11.3 Å². The van der Waals surface area contributed by atoms with Gasteiger partial charge in [0.05, 0.1) is 18.8 Å². The van der Waals surface area contributed by atoms with E-state index in [1.165, 1.54) is 4.90 Å². The highest BCUT2D eigenvalue weighted by Gasteiger charge is 2.55. The van der Waals surface area contributed by atoms with Crippen molar-refractivity contribution in [2.45, 2.75) is 19.1 Å². The molecule has 0 spiro atoms. The van der Waals surface area contributed by atoms with Crippen molar-refractivity contribution in [1.29, 1.82) is 0 Å². The number of aromatic nitrogens is 2. The SMILES string of the molecule is C[C@H]1[C@H](O)[C@@H](O)[C@H]2CN(C(=O)c3cn4ccccc4n3)C[C@@H]2[C@H]1C(=O)N(C)CCO. The highest BCUT2D eigenvalue weighted by Crippen LogP contribution is 2.44. The van der Waals surface area contributed by atoms with Crippen LogP contribution in [-0.4, -0.2) is 91.8 Å². The van der Waals surface area contributed by atoms with E-state index in [9.17, 15) is 24.9 Å². The van der Waals surface area contributed by atoms with Crippen molar-refractivity contribution in [3.63, 3.8) is 0 Å². The third-order valence-corrected chi connectivity index (χ3v) is 6.73. The minimum atomic E-state index is -1.05. The first-order valence-electron chi connectivity index (χ1n) is 10.3. The number of likely N-dealkylation sites (N-methyl/N-ethyl adjacent to an activating group) is 1. The highest BCUT2D eigenvalue weighted by molar-refractivity contribution is 5.93. The van der Waals surface area contributed by atoms with Gasteiger partial charge in [-0.25, -0.2) is 4.98 Å². The summed E-state index contributed by atoms with van der Waals surface area (Å²) < 4.78 is 1.77. The van der Waals surface area contributed by atoms with Crippen LogP contribution < -0.4 is 0 Å². The molecule has 2 aliphatic rings. The zero-order chi connectivity index (χ0) is 21.6. The number of rotatable bonds is 4. The molecule has 0 unspecified atom stereocenters. The van der Waals surface area contributed by atoms with E-state index in [4.69, 9.17) is 0 Å². The Bertz CT molecular complexity index is 913. The lowest BCUT2D eigenvalue weighted by atomic mass is 9.65. The van der Waals surface area contributed by atoms with Gasteiger partial charge in [0.15, 0.2) is 0 Å². The molecule has 4 rings (SSSR count). The Balaban J connectivity index is 1.60. The number of fused-ring (bicyclic) bond motifs is 2. The van der Waals surface area contributed by atoms with Gasteiger partial charge in [0, 0.05) is 50.9 Å². The first-order chi connectivity index (χ1) is 14.3. The van der Waals surface area contributed by atoms with E-state index in [0.717, 1.165) is 0 Å². The number of aliphatic hydroxyl groups excluding tert-OH is 3. The minimum Gasteiger partial charge on any atom is -0.395 e. The van der Waals surface area contributed by atoms with E-state index in [2.05, 4.69) is 4.98 Å². The summed E-state index contributed by atoms with van der Waals surface area (Å²) in [5.74, 6) is -2.09. The Hall–Kier alpha value is -2.49. The average Bonchev–Trinajstić information content (AvgIpc) is 3.36. The maximum absolute atomic E-state index is 13.1. The fraction of sp³-hybridized carbons (Fsp3) is 0.571. The Labute approximate surface area is 174 Å². The van der Waals surface area contributed by atoms with E-state index >= 15 is 0 Å². The van der Waals surface area contributed by atoms with Crippen LogP contribution in [0.15, 0.2) is 30.6 Å². The summed E-state index contributed by atoms with van der Waals surface area (Å²) in [6.07, 6.45) is 1.44. The van der Waals surface area contributed by atoms with Crippen molar-refractivity contribution in [3.05, 3.63) is 36.3 Å². The molecule has 6 atom stereocenters. The van der Waals surface area contributed by atoms with Gasteiger partial charge in [-0.1, -0.05) is 13.0 Å². The Kier molecular flexibility index (Phi) is 5.52. The summed E-state index contributed by atoms with van der Waals surface area (Å²) in [6, 6.07) is 5.51. The normalized spacial score (nSPS) is 31.0. The number of aliphatic hydroxyl groups is 3. The molecule has 1 aliphatic heterocycles. The molecule has 9 nitrogen and oxygen atoms in total. The van der Waals surface area contributed by atoms with Gasteiger partial charge in [-0.15, -0.1) is 0 Å². The number of hydrogen-bond donors (Lipinski definition) is 3. The fourth-order valence-electron chi connectivity index (χ4n) is 5.05. The van der Waals surface area contributed by atoms with Crippen LogP contribution in [0.2, 0.25) is 0 Å². The fourth-order valence-corrected chi connectivity index (χ4v) is 5.05. The Morgan fingerprint density at radius 3 is 2.63 bits per heavy atom. The number of hydrogen-bond acceptors (Lipinski definition) is 6. The quantitative estimate of drug-likeness (QED) is 0.616. The molecular weight excluding hydrogens is 388 g/mol. The molecule has 162 valence electrons.